The van der Waals surface area contributed by atoms with Crippen LogP contribution < -0.4 is 0 Å². The van der Waals surface area contributed by atoms with Crippen molar-refractivity contribution in [1.29, 1.82) is 0 Å². The number of allylic oxidation sites excluding steroid dienone is 24. The maximum Gasteiger partial charge on any atom is 0.472 e. The summed E-state index contributed by atoms with van der Waals surface area (Å²) in [4.78, 5) is 73.2. The molecule has 0 aliphatic heterocycles. The van der Waals surface area contributed by atoms with E-state index in [4.69, 9.17) is 37.0 Å². The van der Waals surface area contributed by atoms with Gasteiger partial charge in [0.05, 0.1) is 26.4 Å². The van der Waals surface area contributed by atoms with E-state index >= 15 is 0 Å². The number of hydrogen-bond acceptors (Lipinski definition) is 15. The maximum absolute atomic E-state index is 13.1. The van der Waals surface area contributed by atoms with Crippen molar-refractivity contribution in [1.82, 2.24) is 0 Å². The Bertz CT molecular complexity index is 2610. The van der Waals surface area contributed by atoms with E-state index in [0.29, 0.717) is 25.7 Å². The number of rotatable bonds is 78. The standard InChI is InChI=1S/C89H150O17P2/c1-5-9-13-17-21-25-29-33-37-39-41-43-47-50-54-58-62-66-70-74-87(92)100-80-84(105-88(93)75-71-67-63-59-55-51-46-36-32-28-24-20-16-12-8-4)81-103-107(95,96)101-77-83(90)78-102-108(97,98)104-82-85(79-99-86(91)73-69-65-61-57-53-49-45-35-31-27-23-19-15-11-7-3)106-89(94)76-72-68-64-60-56-52-48-44-42-40-38-34-30-26-22-18-14-10-6-2/h9-10,13-14,21-22,25-28,31-34,37-38,41-44,50,52,54,56,83-85,90H,5-8,11-12,15-20,23-24,29-30,35-36,39-40,45-49,51,53,55,57-82H2,1-4H3,(H,95,96)(H,97,98)/b13-9-,14-10-,25-21-,26-22-,31-27-,32-28-,37-33-,38-34-,43-41-,44-42-,54-50-,56-52-/t83-,84-,85-/m1/s1. The van der Waals surface area contributed by atoms with Crippen LogP contribution in [0.1, 0.15) is 336 Å². The quantitative estimate of drug-likeness (QED) is 0.0169. The molecule has 108 heavy (non-hydrogen) atoms. The zero-order chi connectivity index (χ0) is 78.9. The van der Waals surface area contributed by atoms with Crippen molar-refractivity contribution < 1.29 is 80.2 Å². The topological polar surface area (TPSA) is 237 Å². The molecular formula is C89H150O17P2. The van der Waals surface area contributed by atoms with E-state index in [0.717, 1.165) is 193 Å². The molecule has 19 heteroatoms. The molecular weight excluding hydrogens is 1400 g/mol. The van der Waals surface area contributed by atoms with Crippen LogP contribution in [0.5, 0.6) is 0 Å². The van der Waals surface area contributed by atoms with Crippen molar-refractivity contribution in [2.75, 3.05) is 39.6 Å². The lowest BCUT2D eigenvalue weighted by Gasteiger charge is -2.21. The van der Waals surface area contributed by atoms with Crippen LogP contribution in [0.15, 0.2) is 146 Å². The minimum atomic E-state index is -5.00. The van der Waals surface area contributed by atoms with Crippen LogP contribution in [-0.4, -0.2) is 96.7 Å². The summed E-state index contributed by atoms with van der Waals surface area (Å²) in [5.41, 5.74) is 0. The molecule has 0 aliphatic carbocycles. The molecule has 3 N–H and O–H groups in total. The minimum absolute atomic E-state index is 0.0513. The summed E-state index contributed by atoms with van der Waals surface area (Å²) >= 11 is 0. The van der Waals surface area contributed by atoms with Crippen molar-refractivity contribution in [2.45, 2.75) is 354 Å². The smallest absolute Gasteiger partial charge is 0.462 e. The molecule has 5 atom stereocenters. The second-order valence-electron chi connectivity index (χ2n) is 27.6. The van der Waals surface area contributed by atoms with E-state index in [1.165, 1.54) is 64.2 Å². The van der Waals surface area contributed by atoms with Gasteiger partial charge in [0.1, 0.15) is 19.3 Å². The summed E-state index contributed by atoms with van der Waals surface area (Å²) in [6.07, 6.45) is 92.4. The van der Waals surface area contributed by atoms with Gasteiger partial charge >= 0.3 is 39.5 Å². The lowest BCUT2D eigenvalue weighted by atomic mass is 10.1. The third kappa shape index (κ3) is 79.0. The molecule has 0 fully saturated rings. The van der Waals surface area contributed by atoms with E-state index in [9.17, 15) is 43.2 Å². The van der Waals surface area contributed by atoms with Crippen LogP contribution in [0.4, 0.5) is 0 Å². The third-order valence-corrected chi connectivity index (χ3v) is 19.2. The summed E-state index contributed by atoms with van der Waals surface area (Å²) in [5, 5.41) is 10.7. The molecule has 0 bridgehead atoms. The number of esters is 4. The summed E-state index contributed by atoms with van der Waals surface area (Å²) in [6, 6.07) is 0. The highest BCUT2D eigenvalue weighted by atomic mass is 31.2. The van der Waals surface area contributed by atoms with Crippen LogP contribution in [0.25, 0.3) is 0 Å². The zero-order valence-electron chi connectivity index (χ0n) is 67.7. The van der Waals surface area contributed by atoms with Crippen LogP contribution in [-0.2, 0) is 65.4 Å². The van der Waals surface area contributed by atoms with Gasteiger partial charge in [-0.3, -0.25) is 37.3 Å². The Morgan fingerprint density at radius 3 is 0.759 bits per heavy atom. The molecule has 0 radical (unpaired) electrons. The van der Waals surface area contributed by atoms with Gasteiger partial charge in [-0.25, -0.2) is 9.13 Å². The number of phosphoric ester groups is 2. The monoisotopic (exact) mass is 1550 g/mol. The average Bonchev–Trinajstić information content (AvgIpc) is 0.914. The number of hydrogen-bond donors (Lipinski definition) is 3. The largest absolute Gasteiger partial charge is 0.472 e. The molecule has 0 rings (SSSR count). The van der Waals surface area contributed by atoms with Crippen LogP contribution in [0.2, 0.25) is 0 Å². The fourth-order valence-electron chi connectivity index (χ4n) is 10.9. The fraction of sp³-hybridized carbons (Fsp3) is 0.685. The Balaban J connectivity index is 5.44. The number of carbonyl (C=O) groups excluding carboxylic acids is 4. The molecule has 17 nitrogen and oxygen atoms in total. The minimum Gasteiger partial charge on any atom is -0.462 e. The molecule has 0 aromatic heterocycles. The van der Waals surface area contributed by atoms with Crippen molar-refractivity contribution in [3.05, 3.63) is 146 Å². The first-order valence-electron chi connectivity index (χ1n) is 42.1. The Morgan fingerprint density at radius 2 is 0.481 bits per heavy atom. The summed E-state index contributed by atoms with van der Waals surface area (Å²) < 4.78 is 68.7. The van der Waals surface area contributed by atoms with Gasteiger partial charge in [-0.2, -0.15) is 0 Å². The number of ether oxygens (including phenoxy) is 4. The van der Waals surface area contributed by atoms with Gasteiger partial charge in [-0.1, -0.05) is 289 Å². The Kier molecular flexibility index (Phi) is 76.3. The number of phosphoric acid groups is 2. The summed E-state index contributed by atoms with van der Waals surface area (Å²) in [7, 11) is -9.99. The molecule has 0 saturated heterocycles. The second kappa shape index (κ2) is 80.0. The average molecular weight is 1550 g/mol. The molecule has 0 aliphatic rings. The van der Waals surface area contributed by atoms with Gasteiger partial charge in [0.15, 0.2) is 12.2 Å². The van der Waals surface area contributed by atoms with Gasteiger partial charge in [-0.05, 0) is 167 Å². The molecule has 0 spiro atoms. The predicted molar refractivity (Wildman–Crippen MR) is 445 cm³/mol. The molecule has 0 amide bonds. The highest BCUT2D eigenvalue weighted by Gasteiger charge is 2.30. The molecule has 2 unspecified atom stereocenters. The zero-order valence-corrected chi connectivity index (χ0v) is 69.5. The molecule has 0 heterocycles. The third-order valence-electron chi connectivity index (χ3n) is 17.3. The highest BCUT2D eigenvalue weighted by molar-refractivity contribution is 7.47. The predicted octanol–water partition coefficient (Wildman–Crippen LogP) is 25.0. The van der Waals surface area contributed by atoms with Crippen LogP contribution in [0.3, 0.4) is 0 Å². The summed E-state index contributed by atoms with van der Waals surface area (Å²) in [5.74, 6) is -2.25. The first kappa shape index (κ1) is 103. The van der Waals surface area contributed by atoms with Gasteiger partial charge < -0.3 is 33.8 Å². The van der Waals surface area contributed by atoms with Crippen molar-refractivity contribution in [3.63, 3.8) is 0 Å². The molecule has 0 aromatic rings. The van der Waals surface area contributed by atoms with Gasteiger partial charge in [0, 0.05) is 25.7 Å². The van der Waals surface area contributed by atoms with Crippen molar-refractivity contribution in [3.8, 4) is 0 Å². The lowest BCUT2D eigenvalue weighted by molar-refractivity contribution is -0.161. The second-order valence-corrected chi connectivity index (χ2v) is 30.6. The number of aliphatic hydroxyl groups is 1. The first-order chi connectivity index (χ1) is 52.7. The normalized spacial score (nSPS) is 14.5. The number of aliphatic hydroxyl groups excluding tert-OH is 1. The Labute approximate surface area is 656 Å². The lowest BCUT2D eigenvalue weighted by Crippen LogP contribution is -2.30. The summed E-state index contributed by atoms with van der Waals surface area (Å²) in [6.45, 7) is 4.57. The van der Waals surface area contributed by atoms with Gasteiger partial charge in [0.2, 0.25) is 0 Å². The van der Waals surface area contributed by atoms with E-state index in [1.807, 2.05) is 0 Å². The Morgan fingerprint density at radius 1 is 0.269 bits per heavy atom. The van der Waals surface area contributed by atoms with Gasteiger partial charge in [-0.15, -0.1) is 0 Å². The van der Waals surface area contributed by atoms with E-state index in [2.05, 4.69) is 174 Å². The fourth-order valence-corrected chi connectivity index (χ4v) is 12.5. The maximum atomic E-state index is 13.1. The van der Waals surface area contributed by atoms with Gasteiger partial charge in [0.25, 0.3) is 0 Å². The Hall–Kier alpha value is -5.06. The number of unbranched alkanes of at least 4 members (excludes halogenated alkanes) is 28. The number of carbonyl (C=O) groups is 4. The van der Waals surface area contributed by atoms with Crippen LogP contribution in [0, 0.1) is 0 Å². The van der Waals surface area contributed by atoms with E-state index in [-0.39, 0.29) is 25.7 Å². The van der Waals surface area contributed by atoms with Crippen LogP contribution >= 0.6 is 15.6 Å². The van der Waals surface area contributed by atoms with E-state index < -0.39 is 97.5 Å². The van der Waals surface area contributed by atoms with Crippen molar-refractivity contribution >= 4 is 39.5 Å². The van der Waals surface area contributed by atoms with Crippen molar-refractivity contribution in [2.24, 2.45) is 0 Å². The SMILES string of the molecule is CC/C=C\C/C=C\C/C=C\C/C=C\C/C=C\CCCCCC(=O)OC[C@H](COP(=O)(O)OC[C@@H](O)COP(=O)(O)OC[C@@H](COC(=O)CCCCCCCCC/C=C\CCCCCC)OC(=O)CCCCC/C=C\C/C=C\C/C=C\C/C=C\C/C=C\CC)OC(=O)CCCCCCCCC/C=C\CCCCCC. The molecule has 0 saturated carbocycles. The van der Waals surface area contributed by atoms with E-state index in [1.54, 1.807) is 0 Å². The molecule has 618 valence electrons. The molecule has 0 aromatic carbocycles. The first-order valence-corrected chi connectivity index (χ1v) is 45.1. The highest BCUT2D eigenvalue weighted by Crippen LogP contribution is 2.45.